The first kappa shape index (κ1) is 19.0. The van der Waals surface area contributed by atoms with E-state index in [9.17, 15) is 15.3 Å². The van der Waals surface area contributed by atoms with Crippen LogP contribution in [0.1, 0.15) is 34.4 Å². The molecule has 1 N–H and O–H groups in total. The van der Waals surface area contributed by atoms with Gasteiger partial charge in [-0.15, -0.1) is 11.3 Å². The molecule has 3 rings (SSSR count). The van der Waals surface area contributed by atoms with E-state index < -0.39 is 5.91 Å². The number of rotatable bonds is 4. The van der Waals surface area contributed by atoms with Gasteiger partial charge in [0, 0.05) is 4.88 Å². The Morgan fingerprint density at radius 2 is 2.11 bits per heavy atom. The second-order valence-electron chi connectivity index (χ2n) is 6.04. The number of benzene rings is 1. The molecule has 0 bridgehead atoms. The molecule has 0 radical (unpaired) electrons. The molecule has 136 valence electrons. The van der Waals surface area contributed by atoms with E-state index in [1.54, 1.807) is 18.2 Å². The lowest BCUT2D eigenvalue weighted by molar-refractivity contribution is -0.112. The quantitative estimate of drug-likeness (QED) is 0.598. The Morgan fingerprint density at radius 3 is 2.78 bits per heavy atom. The van der Waals surface area contributed by atoms with Crippen LogP contribution in [0.5, 0.6) is 5.75 Å². The third-order valence-corrected chi connectivity index (χ3v) is 5.86. The van der Waals surface area contributed by atoms with Gasteiger partial charge in [0.25, 0.3) is 5.91 Å². The molecule has 2 aromatic rings. The van der Waals surface area contributed by atoms with Crippen molar-refractivity contribution in [1.29, 1.82) is 10.5 Å². The maximum Gasteiger partial charge on any atom is 0.266 e. The number of nitrogens with zero attached hydrogens (tertiary/aromatic N) is 2. The molecule has 1 aromatic carbocycles. The highest BCUT2D eigenvalue weighted by atomic mass is 35.5. The number of fused-ring (bicyclic) bond motifs is 1. The molecule has 0 atom stereocenters. The van der Waals surface area contributed by atoms with Crippen molar-refractivity contribution in [3.63, 3.8) is 0 Å². The number of carbonyl (C=O) groups excluding carboxylic acids is 1. The summed E-state index contributed by atoms with van der Waals surface area (Å²) in [4.78, 5) is 13.7. The zero-order valence-electron chi connectivity index (χ0n) is 14.6. The van der Waals surface area contributed by atoms with E-state index in [0.29, 0.717) is 26.9 Å². The van der Waals surface area contributed by atoms with Crippen molar-refractivity contribution in [3.8, 4) is 17.9 Å². The fourth-order valence-electron chi connectivity index (χ4n) is 3.03. The second kappa shape index (κ2) is 8.26. The molecule has 1 heterocycles. The maximum atomic E-state index is 12.6. The van der Waals surface area contributed by atoms with Crippen LogP contribution in [0.2, 0.25) is 5.02 Å². The highest BCUT2D eigenvalue weighted by Crippen LogP contribution is 2.37. The van der Waals surface area contributed by atoms with Gasteiger partial charge in [0.1, 0.15) is 28.5 Å². The van der Waals surface area contributed by atoms with Crippen LogP contribution in [-0.2, 0) is 17.6 Å². The molecule has 1 aliphatic rings. The number of ether oxygens (including phenoxy) is 1. The fraction of sp³-hybridized carbons (Fsp3) is 0.250. The lowest BCUT2D eigenvalue weighted by Crippen LogP contribution is -2.13. The highest BCUT2D eigenvalue weighted by molar-refractivity contribution is 7.16. The van der Waals surface area contributed by atoms with Crippen molar-refractivity contribution in [2.24, 2.45) is 0 Å². The first-order valence-corrected chi connectivity index (χ1v) is 9.58. The number of aryl methyl sites for hydroxylation is 1. The predicted octanol–water partition coefficient (Wildman–Crippen LogP) is 4.71. The van der Waals surface area contributed by atoms with Crippen molar-refractivity contribution in [2.75, 3.05) is 12.4 Å². The van der Waals surface area contributed by atoms with E-state index in [-0.39, 0.29) is 5.57 Å². The van der Waals surface area contributed by atoms with Crippen LogP contribution in [0.25, 0.3) is 6.08 Å². The van der Waals surface area contributed by atoms with Crippen LogP contribution in [0, 0.1) is 22.7 Å². The van der Waals surface area contributed by atoms with Crippen LogP contribution >= 0.6 is 22.9 Å². The van der Waals surface area contributed by atoms with Crippen molar-refractivity contribution in [1.82, 2.24) is 0 Å². The van der Waals surface area contributed by atoms with E-state index in [1.807, 2.05) is 6.07 Å². The maximum absolute atomic E-state index is 12.6. The van der Waals surface area contributed by atoms with Gasteiger partial charge in [-0.2, -0.15) is 10.5 Å². The largest absolute Gasteiger partial charge is 0.495 e. The Kier molecular flexibility index (Phi) is 5.81. The van der Waals surface area contributed by atoms with E-state index >= 15 is 0 Å². The van der Waals surface area contributed by atoms with E-state index in [2.05, 4.69) is 11.4 Å². The summed E-state index contributed by atoms with van der Waals surface area (Å²) in [5, 5.41) is 22.5. The number of methoxy groups -OCH3 is 1. The van der Waals surface area contributed by atoms with Crippen LogP contribution < -0.4 is 10.1 Å². The summed E-state index contributed by atoms with van der Waals surface area (Å²) in [7, 11) is 1.51. The summed E-state index contributed by atoms with van der Waals surface area (Å²) in [6, 6.07) is 9.11. The van der Waals surface area contributed by atoms with Crippen LogP contribution in [0.4, 0.5) is 5.00 Å². The van der Waals surface area contributed by atoms with Crippen LogP contribution in [-0.4, -0.2) is 13.0 Å². The standard InChI is InChI=1S/C20H16ClN3O2S/c1-26-17-7-6-12(9-16(17)21)8-13(10-22)19(25)24-20-15(11-23)14-4-2-3-5-18(14)27-20/h6-9H,2-5H2,1H3,(H,24,25)/b13-8-. The smallest absolute Gasteiger partial charge is 0.266 e. The summed E-state index contributed by atoms with van der Waals surface area (Å²) in [5.41, 5.74) is 2.10. The zero-order chi connectivity index (χ0) is 19.4. The minimum atomic E-state index is -0.542. The molecule has 7 heteroatoms. The monoisotopic (exact) mass is 397 g/mol. The molecule has 0 aliphatic heterocycles. The topological polar surface area (TPSA) is 85.9 Å². The number of nitriles is 2. The van der Waals surface area contributed by atoms with Crippen molar-refractivity contribution < 1.29 is 9.53 Å². The number of carbonyl (C=O) groups is 1. The average Bonchev–Trinajstić information content (AvgIpc) is 3.02. The molecule has 1 aliphatic carbocycles. The minimum Gasteiger partial charge on any atom is -0.495 e. The van der Waals surface area contributed by atoms with Crippen LogP contribution in [0.15, 0.2) is 23.8 Å². The SMILES string of the molecule is COc1ccc(/C=C(/C#N)C(=O)Nc2sc3c(c2C#N)CCCC3)cc1Cl. The number of amides is 1. The molecule has 0 saturated heterocycles. The van der Waals surface area contributed by atoms with Gasteiger partial charge in [-0.1, -0.05) is 17.7 Å². The van der Waals surface area contributed by atoms with E-state index in [0.717, 1.165) is 36.1 Å². The molecule has 5 nitrogen and oxygen atoms in total. The molecular formula is C20H16ClN3O2S. The van der Waals surface area contributed by atoms with Gasteiger partial charge in [-0.25, -0.2) is 0 Å². The first-order chi connectivity index (χ1) is 13.1. The normalized spacial score (nSPS) is 13.3. The fourth-order valence-corrected chi connectivity index (χ4v) is 4.53. The van der Waals surface area contributed by atoms with Gasteiger partial charge in [0.05, 0.1) is 17.7 Å². The van der Waals surface area contributed by atoms with Gasteiger partial charge >= 0.3 is 0 Å². The summed E-state index contributed by atoms with van der Waals surface area (Å²) in [6.07, 6.45) is 5.38. The molecule has 1 aromatic heterocycles. The third kappa shape index (κ3) is 3.98. The van der Waals surface area contributed by atoms with Gasteiger partial charge < -0.3 is 10.1 Å². The Morgan fingerprint density at radius 1 is 1.33 bits per heavy atom. The number of halogens is 1. The van der Waals surface area contributed by atoms with Gasteiger partial charge in [0.15, 0.2) is 0 Å². The predicted molar refractivity (Wildman–Crippen MR) is 106 cm³/mol. The highest BCUT2D eigenvalue weighted by Gasteiger charge is 2.22. The molecule has 0 saturated carbocycles. The van der Waals surface area contributed by atoms with Crippen LogP contribution in [0.3, 0.4) is 0 Å². The van der Waals surface area contributed by atoms with Crippen molar-refractivity contribution in [2.45, 2.75) is 25.7 Å². The summed E-state index contributed by atoms with van der Waals surface area (Å²) >= 11 is 7.52. The molecule has 0 unspecified atom stereocenters. The number of hydrogen-bond donors (Lipinski definition) is 1. The number of hydrogen-bond acceptors (Lipinski definition) is 5. The Bertz CT molecular complexity index is 1010. The first-order valence-electron chi connectivity index (χ1n) is 8.38. The van der Waals surface area contributed by atoms with Crippen molar-refractivity contribution >= 4 is 39.9 Å². The molecule has 27 heavy (non-hydrogen) atoms. The van der Waals surface area contributed by atoms with Gasteiger partial charge in [-0.05, 0) is 55.0 Å². The Hall–Kier alpha value is -2.80. The molecule has 0 spiro atoms. The lowest BCUT2D eigenvalue weighted by atomic mass is 9.96. The third-order valence-electron chi connectivity index (χ3n) is 4.36. The molecule has 0 fully saturated rings. The Balaban J connectivity index is 1.86. The van der Waals surface area contributed by atoms with Crippen molar-refractivity contribution in [3.05, 3.63) is 50.4 Å². The Labute approximate surface area is 166 Å². The van der Waals surface area contributed by atoms with Gasteiger partial charge in [-0.3, -0.25) is 4.79 Å². The lowest BCUT2D eigenvalue weighted by Gasteiger charge is -2.09. The van der Waals surface area contributed by atoms with E-state index in [4.69, 9.17) is 16.3 Å². The molecular weight excluding hydrogens is 382 g/mol. The summed E-state index contributed by atoms with van der Waals surface area (Å²) in [5.74, 6) is -0.0286. The summed E-state index contributed by atoms with van der Waals surface area (Å²) < 4.78 is 5.10. The number of nitrogens with one attached hydrogen (secondary N) is 1. The molecule has 1 amide bonds. The van der Waals surface area contributed by atoms with E-state index in [1.165, 1.54) is 24.5 Å². The average molecular weight is 398 g/mol. The zero-order valence-corrected chi connectivity index (χ0v) is 16.2. The summed E-state index contributed by atoms with van der Waals surface area (Å²) in [6.45, 7) is 0. The second-order valence-corrected chi connectivity index (χ2v) is 7.56. The number of thiophene rings is 1. The van der Waals surface area contributed by atoms with Gasteiger partial charge in [0.2, 0.25) is 0 Å². The minimum absolute atomic E-state index is 0.0634. The number of anilines is 1.